The van der Waals surface area contributed by atoms with E-state index >= 15 is 0 Å². The third-order valence-corrected chi connectivity index (χ3v) is 2.32. The Balaban J connectivity index is 2.48. The zero-order valence-electron chi connectivity index (χ0n) is 9.47. The minimum Gasteiger partial charge on any atom is -0.493 e. The molecular formula is C12H15N3O. The Labute approximate surface area is 94.6 Å². The zero-order valence-corrected chi connectivity index (χ0v) is 9.47. The number of anilines is 1. The predicted molar refractivity (Wildman–Crippen MR) is 64.2 cm³/mol. The van der Waals surface area contributed by atoms with Crippen LogP contribution in [0.15, 0.2) is 30.6 Å². The summed E-state index contributed by atoms with van der Waals surface area (Å²) in [5.74, 6) is 0.838. The highest BCUT2D eigenvalue weighted by Gasteiger charge is 2.08. The van der Waals surface area contributed by atoms with Crippen LogP contribution in [0.25, 0.3) is 11.1 Å². The largest absolute Gasteiger partial charge is 0.493 e. The van der Waals surface area contributed by atoms with Gasteiger partial charge in [0.25, 0.3) is 0 Å². The van der Waals surface area contributed by atoms with Gasteiger partial charge in [-0.15, -0.1) is 0 Å². The highest BCUT2D eigenvalue weighted by atomic mass is 16.5. The molecule has 0 aliphatic heterocycles. The average molecular weight is 217 g/mol. The van der Waals surface area contributed by atoms with Crippen molar-refractivity contribution < 1.29 is 4.74 Å². The number of hydrogen-bond acceptors (Lipinski definition) is 3. The highest BCUT2D eigenvalue weighted by molar-refractivity contribution is 5.72. The molecular weight excluding hydrogens is 202 g/mol. The van der Waals surface area contributed by atoms with Gasteiger partial charge in [-0.25, -0.2) is 0 Å². The van der Waals surface area contributed by atoms with Gasteiger partial charge in [-0.3, -0.25) is 4.68 Å². The maximum Gasteiger partial charge on any atom is 0.127 e. The molecule has 0 radical (unpaired) electrons. The molecule has 0 spiro atoms. The zero-order chi connectivity index (χ0) is 11.5. The summed E-state index contributed by atoms with van der Waals surface area (Å²) in [7, 11) is 1.89. The molecule has 0 saturated heterocycles. The number of nitrogen functional groups attached to an aromatic ring is 1. The average Bonchev–Trinajstić information content (AvgIpc) is 2.68. The van der Waals surface area contributed by atoms with Crippen LogP contribution >= 0.6 is 0 Å². The second-order valence-electron chi connectivity index (χ2n) is 3.59. The lowest BCUT2D eigenvalue weighted by Crippen LogP contribution is -1.95. The van der Waals surface area contributed by atoms with Gasteiger partial charge in [-0.1, -0.05) is 0 Å². The summed E-state index contributed by atoms with van der Waals surface area (Å²) in [6.45, 7) is 2.60. The molecule has 4 heteroatoms. The number of nitrogens with zero attached hydrogens (tertiary/aromatic N) is 2. The molecule has 84 valence electrons. The fourth-order valence-corrected chi connectivity index (χ4v) is 1.61. The summed E-state index contributed by atoms with van der Waals surface area (Å²) in [6, 6.07) is 5.63. The van der Waals surface area contributed by atoms with Crippen LogP contribution < -0.4 is 10.5 Å². The maximum atomic E-state index is 5.79. The molecule has 2 N–H and O–H groups in total. The number of ether oxygens (including phenoxy) is 1. The molecule has 2 rings (SSSR count). The van der Waals surface area contributed by atoms with Crippen molar-refractivity contribution >= 4 is 5.69 Å². The minimum absolute atomic E-state index is 0.636. The van der Waals surface area contributed by atoms with E-state index in [4.69, 9.17) is 10.5 Å². The van der Waals surface area contributed by atoms with Crippen molar-refractivity contribution in [2.75, 3.05) is 12.3 Å². The molecule has 4 nitrogen and oxygen atoms in total. The molecule has 1 heterocycles. The molecule has 1 aromatic carbocycles. The summed E-state index contributed by atoms with van der Waals surface area (Å²) in [5.41, 5.74) is 8.50. The van der Waals surface area contributed by atoms with Gasteiger partial charge in [0.15, 0.2) is 0 Å². The third-order valence-electron chi connectivity index (χ3n) is 2.32. The van der Waals surface area contributed by atoms with E-state index in [1.165, 1.54) is 0 Å². The van der Waals surface area contributed by atoms with Gasteiger partial charge in [0.05, 0.1) is 12.8 Å². The molecule has 2 aromatic rings. The fourth-order valence-electron chi connectivity index (χ4n) is 1.61. The van der Waals surface area contributed by atoms with Crippen molar-refractivity contribution in [3.8, 4) is 16.9 Å². The number of aromatic nitrogens is 2. The van der Waals surface area contributed by atoms with Crippen molar-refractivity contribution in [1.29, 1.82) is 0 Å². The maximum absolute atomic E-state index is 5.79. The summed E-state index contributed by atoms with van der Waals surface area (Å²) >= 11 is 0. The number of rotatable bonds is 3. The Morgan fingerprint density at radius 1 is 1.44 bits per heavy atom. The standard InChI is InChI=1S/C12H15N3O/c1-3-16-12-5-4-10(13)6-11(12)9-7-14-15(2)8-9/h4-8H,3,13H2,1-2H3. The van der Waals surface area contributed by atoms with Gasteiger partial charge in [0.1, 0.15) is 5.75 Å². The Morgan fingerprint density at radius 3 is 2.88 bits per heavy atom. The van der Waals surface area contributed by atoms with Gasteiger partial charge >= 0.3 is 0 Å². The van der Waals surface area contributed by atoms with Crippen LogP contribution in [0.3, 0.4) is 0 Å². The van der Waals surface area contributed by atoms with Gasteiger partial charge in [-0.05, 0) is 25.1 Å². The number of hydrogen-bond donors (Lipinski definition) is 1. The van der Waals surface area contributed by atoms with Crippen LogP contribution in [-0.2, 0) is 7.05 Å². The fraction of sp³-hybridized carbons (Fsp3) is 0.250. The SMILES string of the molecule is CCOc1ccc(N)cc1-c1cnn(C)c1. The predicted octanol–water partition coefficient (Wildman–Crippen LogP) is 2.07. The molecule has 0 bridgehead atoms. The molecule has 0 amide bonds. The number of benzene rings is 1. The van der Waals surface area contributed by atoms with Crippen LogP contribution in [-0.4, -0.2) is 16.4 Å². The normalized spacial score (nSPS) is 10.4. The third kappa shape index (κ3) is 2.00. The highest BCUT2D eigenvalue weighted by Crippen LogP contribution is 2.31. The molecule has 0 saturated carbocycles. The summed E-state index contributed by atoms with van der Waals surface area (Å²) < 4.78 is 7.32. The summed E-state index contributed by atoms with van der Waals surface area (Å²) in [5, 5.41) is 4.14. The minimum atomic E-state index is 0.636. The van der Waals surface area contributed by atoms with Crippen molar-refractivity contribution in [3.63, 3.8) is 0 Å². The Kier molecular flexibility index (Phi) is 2.81. The van der Waals surface area contributed by atoms with E-state index in [2.05, 4.69) is 5.10 Å². The lowest BCUT2D eigenvalue weighted by Gasteiger charge is -2.09. The summed E-state index contributed by atoms with van der Waals surface area (Å²) in [6.07, 6.45) is 3.74. The van der Waals surface area contributed by atoms with Gasteiger partial charge in [0, 0.05) is 30.1 Å². The Bertz CT molecular complexity index is 491. The molecule has 16 heavy (non-hydrogen) atoms. The molecule has 0 unspecified atom stereocenters. The van der Waals surface area contributed by atoms with Crippen molar-refractivity contribution in [2.45, 2.75) is 6.92 Å². The van der Waals surface area contributed by atoms with E-state index < -0.39 is 0 Å². The van der Waals surface area contributed by atoms with E-state index in [1.807, 2.05) is 38.4 Å². The lowest BCUT2D eigenvalue weighted by atomic mass is 10.1. The first-order valence-corrected chi connectivity index (χ1v) is 5.22. The van der Waals surface area contributed by atoms with Gasteiger partial charge < -0.3 is 10.5 Å². The van der Waals surface area contributed by atoms with Crippen LogP contribution in [0.5, 0.6) is 5.75 Å². The summed E-state index contributed by atoms with van der Waals surface area (Å²) in [4.78, 5) is 0. The van der Waals surface area contributed by atoms with E-state index in [0.717, 1.165) is 22.6 Å². The topological polar surface area (TPSA) is 53.1 Å². The first-order valence-electron chi connectivity index (χ1n) is 5.22. The monoisotopic (exact) mass is 217 g/mol. The second kappa shape index (κ2) is 4.26. The van der Waals surface area contributed by atoms with E-state index in [9.17, 15) is 0 Å². The van der Waals surface area contributed by atoms with Crippen molar-refractivity contribution in [2.24, 2.45) is 7.05 Å². The lowest BCUT2D eigenvalue weighted by molar-refractivity contribution is 0.341. The first-order chi connectivity index (χ1) is 7.70. The van der Waals surface area contributed by atoms with Crippen LogP contribution in [0.1, 0.15) is 6.92 Å². The van der Waals surface area contributed by atoms with Gasteiger partial charge in [0.2, 0.25) is 0 Å². The van der Waals surface area contributed by atoms with Crippen LogP contribution in [0.4, 0.5) is 5.69 Å². The molecule has 0 atom stereocenters. The molecule has 0 aliphatic carbocycles. The van der Waals surface area contributed by atoms with Crippen LogP contribution in [0.2, 0.25) is 0 Å². The Hall–Kier alpha value is -1.97. The molecule has 0 aliphatic rings. The van der Waals surface area contributed by atoms with Crippen LogP contribution in [0, 0.1) is 0 Å². The van der Waals surface area contributed by atoms with Crippen molar-refractivity contribution in [3.05, 3.63) is 30.6 Å². The smallest absolute Gasteiger partial charge is 0.127 e. The quantitative estimate of drug-likeness (QED) is 0.801. The van der Waals surface area contributed by atoms with Crippen molar-refractivity contribution in [1.82, 2.24) is 9.78 Å². The molecule has 1 aromatic heterocycles. The number of nitrogens with two attached hydrogens (primary N) is 1. The van der Waals surface area contributed by atoms with E-state index in [0.29, 0.717) is 6.61 Å². The van der Waals surface area contributed by atoms with E-state index in [-0.39, 0.29) is 0 Å². The Morgan fingerprint density at radius 2 is 2.25 bits per heavy atom. The molecule has 0 fully saturated rings. The second-order valence-corrected chi connectivity index (χ2v) is 3.59. The first kappa shape index (κ1) is 10.5. The number of aryl methyl sites for hydroxylation is 1. The van der Waals surface area contributed by atoms with E-state index in [1.54, 1.807) is 10.9 Å². The van der Waals surface area contributed by atoms with Gasteiger partial charge in [-0.2, -0.15) is 5.10 Å².